The number of benzene rings is 1. The molecule has 0 fully saturated rings. The van der Waals surface area contributed by atoms with Crippen molar-refractivity contribution in [1.29, 1.82) is 0 Å². The van der Waals surface area contributed by atoms with Crippen LogP contribution in [0.4, 0.5) is 11.4 Å². The molecule has 5 heteroatoms. The van der Waals surface area contributed by atoms with Crippen molar-refractivity contribution < 1.29 is 9.90 Å². The van der Waals surface area contributed by atoms with Crippen LogP contribution >= 0.6 is 0 Å². The Labute approximate surface area is 101 Å². The maximum atomic E-state index is 11.9. The number of rotatable bonds is 4. The molecule has 17 heavy (non-hydrogen) atoms. The number of aliphatic hydroxyl groups excluding tert-OH is 1. The van der Waals surface area contributed by atoms with Gasteiger partial charge in [-0.1, -0.05) is 6.92 Å². The van der Waals surface area contributed by atoms with Crippen LogP contribution in [0.2, 0.25) is 0 Å². The van der Waals surface area contributed by atoms with Crippen LogP contribution in [0.1, 0.15) is 30.6 Å². The third-order valence-electron chi connectivity index (χ3n) is 2.78. The summed E-state index contributed by atoms with van der Waals surface area (Å²) >= 11 is 0. The Morgan fingerprint density at radius 3 is 2.29 bits per heavy atom. The van der Waals surface area contributed by atoms with E-state index in [0.29, 0.717) is 23.4 Å². The van der Waals surface area contributed by atoms with E-state index >= 15 is 0 Å². The molecule has 0 heterocycles. The zero-order valence-corrected chi connectivity index (χ0v) is 10.2. The Hall–Kier alpha value is -1.75. The minimum absolute atomic E-state index is 0.118. The fraction of sp³-hybridized carbons (Fsp3) is 0.417. The second kappa shape index (κ2) is 5.05. The Bertz CT molecular complexity index is 394. The number of anilines is 2. The number of carbonyl (C=O) groups excluding carboxylic acids is 1. The molecule has 0 spiro atoms. The number of aliphatic hydroxyl groups is 1. The first-order valence-corrected chi connectivity index (χ1v) is 5.49. The summed E-state index contributed by atoms with van der Waals surface area (Å²) in [6.07, 6.45) is 0.632. The molecule has 1 atom stereocenters. The van der Waals surface area contributed by atoms with Crippen molar-refractivity contribution in [3.8, 4) is 0 Å². The summed E-state index contributed by atoms with van der Waals surface area (Å²) in [6.45, 7) is 3.55. The maximum absolute atomic E-state index is 11.9. The van der Waals surface area contributed by atoms with Crippen LogP contribution in [-0.4, -0.2) is 23.2 Å². The summed E-state index contributed by atoms with van der Waals surface area (Å²) in [5.74, 6) is -0.289. The lowest BCUT2D eigenvalue weighted by Crippen LogP contribution is -2.48. The second-order valence-corrected chi connectivity index (χ2v) is 4.41. The number of hydrogen-bond acceptors (Lipinski definition) is 4. The highest BCUT2D eigenvalue weighted by Crippen LogP contribution is 2.15. The van der Waals surface area contributed by atoms with E-state index in [9.17, 15) is 9.90 Å². The van der Waals surface area contributed by atoms with E-state index in [1.807, 2.05) is 6.92 Å². The molecule has 0 radical (unpaired) electrons. The standard InChI is InChI=1S/C12H19N3O2/c1-3-12(2,7-16)15-11(17)8-4-9(13)6-10(14)5-8/h4-6,16H,3,7,13-14H2,1-2H3,(H,15,17). The topological polar surface area (TPSA) is 101 Å². The first kappa shape index (κ1) is 13.3. The van der Waals surface area contributed by atoms with Gasteiger partial charge in [0.1, 0.15) is 0 Å². The van der Waals surface area contributed by atoms with Gasteiger partial charge in [0.25, 0.3) is 5.91 Å². The number of nitrogen functional groups attached to an aromatic ring is 2. The van der Waals surface area contributed by atoms with Gasteiger partial charge in [-0.05, 0) is 31.5 Å². The molecular weight excluding hydrogens is 218 g/mol. The van der Waals surface area contributed by atoms with Crippen molar-refractivity contribution in [2.24, 2.45) is 0 Å². The van der Waals surface area contributed by atoms with Crippen molar-refractivity contribution >= 4 is 17.3 Å². The molecule has 94 valence electrons. The van der Waals surface area contributed by atoms with E-state index in [0.717, 1.165) is 0 Å². The Balaban J connectivity index is 2.90. The lowest BCUT2D eigenvalue weighted by atomic mass is 9.99. The second-order valence-electron chi connectivity index (χ2n) is 4.41. The third-order valence-corrected chi connectivity index (χ3v) is 2.78. The van der Waals surface area contributed by atoms with Gasteiger partial charge in [0.05, 0.1) is 12.1 Å². The van der Waals surface area contributed by atoms with E-state index < -0.39 is 5.54 Å². The molecule has 1 aromatic carbocycles. The van der Waals surface area contributed by atoms with Crippen LogP contribution in [0, 0.1) is 0 Å². The van der Waals surface area contributed by atoms with Gasteiger partial charge in [-0.3, -0.25) is 4.79 Å². The van der Waals surface area contributed by atoms with Gasteiger partial charge in [-0.15, -0.1) is 0 Å². The molecule has 1 amide bonds. The molecule has 0 aliphatic rings. The summed E-state index contributed by atoms with van der Waals surface area (Å²) in [6, 6.07) is 4.69. The Morgan fingerprint density at radius 1 is 1.35 bits per heavy atom. The van der Waals surface area contributed by atoms with Crippen molar-refractivity contribution in [2.45, 2.75) is 25.8 Å². The highest BCUT2D eigenvalue weighted by atomic mass is 16.3. The summed E-state index contributed by atoms with van der Waals surface area (Å²) in [4.78, 5) is 11.9. The fourth-order valence-electron chi connectivity index (χ4n) is 1.39. The van der Waals surface area contributed by atoms with E-state index in [2.05, 4.69) is 5.32 Å². The van der Waals surface area contributed by atoms with Gasteiger partial charge < -0.3 is 21.9 Å². The SMILES string of the molecule is CCC(C)(CO)NC(=O)c1cc(N)cc(N)c1. The highest BCUT2D eigenvalue weighted by Gasteiger charge is 2.23. The van der Waals surface area contributed by atoms with Gasteiger partial charge in [0.15, 0.2) is 0 Å². The van der Waals surface area contributed by atoms with Crippen LogP contribution in [0.5, 0.6) is 0 Å². The van der Waals surface area contributed by atoms with Crippen molar-refractivity contribution in [1.82, 2.24) is 5.32 Å². The van der Waals surface area contributed by atoms with E-state index in [4.69, 9.17) is 11.5 Å². The molecule has 0 aliphatic carbocycles. The lowest BCUT2D eigenvalue weighted by Gasteiger charge is -2.27. The molecule has 0 saturated heterocycles. The van der Waals surface area contributed by atoms with Crippen LogP contribution in [0.3, 0.4) is 0 Å². The lowest BCUT2D eigenvalue weighted by molar-refractivity contribution is 0.0847. The van der Waals surface area contributed by atoms with E-state index in [1.54, 1.807) is 25.1 Å². The zero-order chi connectivity index (χ0) is 13.1. The zero-order valence-electron chi connectivity index (χ0n) is 10.2. The number of amides is 1. The third kappa shape index (κ3) is 3.35. The molecule has 1 unspecified atom stereocenters. The van der Waals surface area contributed by atoms with Crippen molar-refractivity contribution in [2.75, 3.05) is 18.1 Å². The first-order valence-electron chi connectivity index (χ1n) is 5.49. The Kier molecular flexibility index (Phi) is 3.96. The van der Waals surface area contributed by atoms with Gasteiger partial charge in [-0.25, -0.2) is 0 Å². The predicted molar refractivity (Wildman–Crippen MR) is 68.5 cm³/mol. The minimum atomic E-state index is -0.629. The molecule has 5 nitrogen and oxygen atoms in total. The van der Waals surface area contributed by atoms with Gasteiger partial charge >= 0.3 is 0 Å². The van der Waals surface area contributed by atoms with E-state index in [1.165, 1.54) is 0 Å². The largest absolute Gasteiger partial charge is 0.399 e. The predicted octanol–water partition coefficient (Wildman–Crippen LogP) is 0.742. The van der Waals surface area contributed by atoms with Gasteiger partial charge in [0.2, 0.25) is 0 Å². The quantitative estimate of drug-likeness (QED) is 0.580. The number of carbonyl (C=O) groups is 1. The van der Waals surface area contributed by atoms with Gasteiger partial charge in [-0.2, -0.15) is 0 Å². The van der Waals surface area contributed by atoms with Crippen LogP contribution in [0.25, 0.3) is 0 Å². The normalized spacial score (nSPS) is 14.1. The maximum Gasteiger partial charge on any atom is 0.251 e. The highest BCUT2D eigenvalue weighted by molar-refractivity contribution is 5.96. The smallest absolute Gasteiger partial charge is 0.251 e. The molecule has 0 bridgehead atoms. The summed E-state index contributed by atoms with van der Waals surface area (Å²) < 4.78 is 0. The molecule has 0 aromatic heterocycles. The summed E-state index contributed by atoms with van der Waals surface area (Å²) in [7, 11) is 0. The fourth-order valence-corrected chi connectivity index (χ4v) is 1.39. The number of hydrogen-bond donors (Lipinski definition) is 4. The molecule has 1 aromatic rings. The van der Waals surface area contributed by atoms with Crippen LogP contribution in [0.15, 0.2) is 18.2 Å². The molecule has 6 N–H and O–H groups in total. The average Bonchev–Trinajstić information content (AvgIpc) is 2.27. The summed E-state index contributed by atoms with van der Waals surface area (Å²) in [5, 5.41) is 12.0. The monoisotopic (exact) mass is 237 g/mol. The Morgan fingerprint density at radius 2 is 1.88 bits per heavy atom. The molecular formula is C12H19N3O2. The van der Waals surface area contributed by atoms with Gasteiger partial charge in [0, 0.05) is 16.9 Å². The van der Waals surface area contributed by atoms with Crippen molar-refractivity contribution in [3.05, 3.63) is 23.8 Å². The molecule has 0 aliphatic heterocycles. The van der Waals surface area contributed by atoms with Crippen molar-refractivity contribution in [3.63, 3.8) is 0 Å². The minimum Gasteiger partial charge on any atom is -0.399 e. The first-order chi connectivity index (χ1) is 7.90. The van der Waals surface area contributed by atoms with Crippen LogP contribution in [-0.2, 0) is 0 Å². The van der Waals surface area contributed by atoms with E-state index in [-0.39, 0.29) is 12.5 Å². The average molecular weight is 237 g/mol. The number of nitrogens with two attached hydrogens (primary N) is 2. The van der Waals surface area contributed by atoms with Crippen LogP contribution < -0.4 is 16.8 Å². The molecule has 1 rings (SSSR count). The number of nitrogens with one attached hydrogen (secondary N) is 1. The molecule has 0 saturated carbocycles. The summed E-state index contributed by atoms with van der Waals surface area (Å²) in [5.41, 5.74) is 11.9.